The fraction of sp³-hybridized carbons (Fsp3) is 0.421. The normalized spacial score (nSPS) is 12.9. The molecule has 1 heterocycles. The van der Waals surface area contributed by atoms with Gasteiger partial charge in [-0.1, -0.05) is 31.5 Å². The minimum atomic E-state index is -5.90. The molecule has 2 rings (SSSR count). The molecule has 0 aliphatic carbocycles. The number of hydrogen-bond acceptors (Lipinski definition) is 3. The van der Waals surface area contributed by atoms with Crippen molar-refractivity contribution in [1.82, 2.24) is 4.98 Å². The first-order valence-corrected chi connectivity index (χ1v) is 8.62. The molecule has 1 N–H and O–H groups in total. The quantitative estimate of drug-likeness (QED) is 0.642. The molecule has 0 atom stereocenters. The molecule has 0 amide bonds. The summed E-state index contributed by atoms with van der Waals surface area (Å²) in [5, 5.41) is 9.49. The summed E-state index contributed by atoms with van der Waals surface area (Å²) in [6.45, 7) is 2.87. The Bertz CT molecular complexity index is 730. The van der Waals surface area contributed by atoms with Crippen LogP contribution in [-0.2, 0) is 12.1 Å². The van der Waals surface area contributed by atoms with Crippen LogP contribution < -0.4 is 4.90 Å². The Labute approximate surface area is 158 Å². The second-order valence-electron chi connectivity index (χ2n) is 6.35. The summed E-state index contributed by atoms with van der Waals surface area (Å²) in [5.41, 5.74) is -5.04. The highest BCUT2D eigenvalue weighted by molar-refractivity contribution is 5.49. The molecule has 1 aromatic heterocycles. The topological polar surface area (TPSA) is 36.4 Å². The van der Waals surface area contributed by atoms with Crippen LogP contribution in [-0.4, -0.2) is 29.0 Å². The summed E-state index contributed by atoms with van der Waals surface area (Å²) in [6, 6.07) is 8.92. The van der Waals surface area contributed by atoms with Crippen molar-refractivity contribution in [1.29, 1.82) is 0 Å². The van der Waals surface area contributed by atoms with Crippen molar-refractivity contribution in [2.24, 2.45) is 0 Å². The Hall–Kier alpha value is -2.29. The van der Waals surface area contributed by atoms with E-state index in [1.807, 2.05) is 11.8 Å². The minimum absolute atomic E-state index is 0.350. The molecule has 154 valence electrons. The first kappa shape index (κ1) is 22.0. The van der Waals surface area contributed by atoms with Crippen molar-refractivity contribution in [3.05, 3.63) is 59.9 Å². The molecule has 28 heavy (non-hydrogen) atoms. The van der Waals surface area contributed by atoms with Crippen molar-refractivity contribution in [2.45, 2.75) is 44.3 Å². The molecule has 0 spiro atoms. The van der Waals surface area contributed by atoms with Crippen molar-refractivity contribution >= 4 is 5.69 Å². The predicted octanol–water partition coefficient (Wildman–Crippen LogP) is 5.20. The van der Waals surface area contributed by atoms with Gasteiger partial charge in [0.2, 0.25) is 0 Å². The zero-order chi connectivity index (χ0) is 21.0. The van der Waals surface area contributed by atoms with Gasteiger partial charge in [0.15, 0.2) is 0 Å². The summed E-state index contributed by atoms with van der Waals surface area (Å²) >= 11 is 0. The van der Waals surface area contributed by atoms with E-state index < -0.39 is 23.5 Å². The van der Waals surface area contributed by atoms with Crippen LogP contribution in [0.4, 0.5) is 32.0 Å². The highest BCUT2D eigenvalue weighted by Crippen LogP contribution is 2.50. The number of halogens is 6. The van der Waals surface area contributed by atoms with Crippen LogP contribution in [0.3, 0.4) is 0 Å². The Balaban J connectivity index is 2.35. The van der Waals surface area contributed by atoms with E-state index in [9.17, 15) is 31.4 Å². The van der Waals surface area contributed by atoms with Crippen LogP contribution >= 0.6 is 0 Å². The average molecular weight is 406 g/mol. The van der Waals surface area contributed by atoms with Gasteiger partial charge in [0.25, 0.3) is 5.60 Å². The SMILES string of the molecule is CCCCN(Cc1ccccn1)c1ccc(C(O)(C(F)(F)F)C(F)(F)F)cc1. The second kappa shape index (κ2) is 8.38. The molecular weight excluding hydrogens is 386 g/mol. The van der Waals surface area contributed by atoms with Crippen molar-refractivity contribution < 1.29 is 31.4 Å². The Kier molecular flexibility index (Phi) is 6.59. The van der Waals surface area contributed by atoms with Crippen LogP contribution in [0.25, 0.3) is 0 Å². The number of benzene rings is 1. The third-order valence-electron chi connectivity index (χ3n) is 4.33. The van der Waals surface area contributed by atoms with E-state index >= 15 is 0 Å². The number of aromatic nitrogens is 1. The monoisotopic (exact) mass is 406 g/mol. The van der Waals surface area contributed by atoms with Gasteiger partial charge in [-0.05, 0) is 30.7 Å². The first-order chi connectivity index (χ1) is 13.0. The molecule has 3 nitrogen and oxygen atoms in total. The van der Waals surface area contributed by atoms with Crippen LogP contribution in [0.2, 0.25) is 0 Å². The Morgan fingerprint density at radius 1 is 0.929 bits per heavy atom. The van der Waals surface area contributed by atoms with Crippen molar-refractivity contribution in [3.8, 4) is 0 Å². The van der Waals surface area contributed by atoms with Crippen molar-refractivity contribution in [2.75, 3.05) is 11.4 Å². The molecule has 0 bridgehead atoms. The zero-order valence-electron chi connectivity index (χ0n) is 15.1. The van der Waals surface area contributed by atoms with Gasteiger partial charge in [0.1, 0.15) is 0 Å². The van der Waals surface area contributed by atoms with Crippen LogP contribution in [0.5, 0.6) is 0 Å². The van der Waals surface area contributed by atoms with Gasteiger partial charge < -0.3 is 10.0 Å². The summed E-state index contributed by atoms with van der Waals surface area (Å²) < 4.78 is 78.1. The van der Waals surface area contributed by atoms with Crippen LogP contribution in [0.1, 0.15) is 31.0 Å². The fourth-order valence-electron chi connectivity index (χ4n) is 2.74. The summed E-state index contributed by atoms with van der Waals surface area (Å²) in [7, 11) is 0. The smallest absolute Gasteiger partial charge is 0.369 e. The van der Waals surface area contributed by atoms with E-state index in [0.717, 1.165) is 25.0 Å². The molecule has 2 aromatic rings. The molecule has 1 aromatic carbocycles. The largest absolute Gasteiger partial charge is 0.430 e. The van der Waals surface area contributed by atoms with E-state index in [-0.39, 0.29) is 0 Å². The van der Waals surface area contributed by atoms with Gasteiger partial charge in [-0.15, -0.1) is 0 Å². The van der Waals surface area contributed by atoms with Gasteiger partial charge in [-0.25, -0.2) is 0 Å². The summed E-state index contributed by atoms with van der Waals surface area (Å²) in [5.74, 6) is 0. The maximum Gasteiger partial charge on any atom is 0.430 e. The summed E-state index contributed by atoms with van der Waals surface area (Å²) in [4.78, 5) is 6.01. The van der Waals surface area contributed by atoms with Gasteiger partial charge in [0.05, 0.1) is 12.2 Å². The highest BCUT2D eigenvalue weighted by atomic mass is 19.4. The lowest BCUT2D eigenvalue weighted by molar-refractivity contribution is -0.376. The van der Waals surface area contributed by atoms with E-state index in [1.165, 1.54) is 0 Å². The molecule has 0 saturated heterocycles. The lowest BCUT2D eigenvalue weighted by Gasteiger charge is -2.33. The molecule has 9 heteroatoms. The molecule has 0 saturated carbocycles. The number of nitrogens with zero attached hydrogens (tertiary/aromatic N) is 2. The zero-order valence-corrected chi connectivity index (χ0v) is 15.1. The fourth-order valence-corrected chi connectivity index (χ4v) is 2.74. The van der Waals surface area contributed by atoms with Crippen molar-refractivity contribution in [3.63, 3.8) is 0 Å². The predicted molar refractivity (Wildman–Crippen MR) is 92.6 cm³/mol. The van der Waals surface area contributed by atoms with Crippen LogP contribution in [0, 0.1) is 0 Å². The number of unbranched alkanes of at least 4 members (excludes halogenated alkanes) is 1. The van der Waals surface area contributed by atoms with E-state index in [2.05, 4.69) is 4.98 Å². The Morgan fingerprint density at radius 3 is 2.00 bits per heavy atom. The molecule has 0 radical (unpaired) electrons. The van der Waals surface area contributed by atoms with E-state index in [0.29, 0.717) is 36.6 Å². The number of pyridine rings is 1. The lowest BCUT2D eigenvalue weighted by Crippen LogP contribution is -2.53. The standard InChI is InChI=1S/C19H20F6N2O/c1-2-3-12-27(13-15-6-4-5-11-26-15)16-9-7-14(8-10-16)17(28,18(20,21)22)19(23,24)25/h4-11,28H,2-3,12-13H2,1H3. The second-order valence-corrected chi connectivity index (χ2v) is 6.35. The third-order valence-corrected chi connectivity index (χ3v) is 4.33. The van der Waals surface area contributed by atoms with E-state index in [4.69, 9.17) is 0 Å². The molecule has 0 fully saturated rings. The molecule has 0 aliphatic heterocycles. The van der Waals surface area contributed by atoms with Gasteiger partial charge >= 0.3 is 12.4 Å². The van der Waals surface area contributed by atoms with E-state index in [1.54, 1.807) is 24.4 Å². The van der Waals surface area contributed by atoms with Gasteiger partial charge in [-0.3, -0.25) is 4.98 Å². The molecule has 0 unspecified atom stereocenters. The maximum atomic E-state index is 13.0. The minimum Gasteiger partial charge on any atom is -0.369 e. The molecule has 0 aliphatic rings. The lowest BCUT2D eigenvalue weighted by atomic mass is 9.92. The average Bonchev–Trinajstić information content (AvgIpc) is 2.63. The number of hydrogen-bond donors (Lipinski definition) is 1. The number of rotatable bonds is 7. The van der Waals surface area contributed by atoms with Crippen LogP contribution in [0.15, 0.2) is 48.7 Å². The highest BCUT2D eigenvalue weighted by Gasteiger charge is 2.71. The molecular formula is C19H20F6N2O. The number of aliphatic hydroxyl groups is 1. The Morgan fingerprint density at radius 2 is 1.54 bits per heavy atom. The number of alkyl halides is 6. The first-order valence-electron chi connectivity index (χ1n) is 8.62. The van der Waals surface area contributed by atoms with Gasteiger partial charge in [-0.2, -0.15) is 26.3 Å². The van der Waals surface area contributed by atoms with Gasteiger partial charge in [0, 0.05) is 24.0 Å². The third kappa shape index (κ3) is 4.57. The maximum absolute atomic E-state index is 13.0. The number of anilines is 1. The summed E-state index contributed by atoms with van der Waals surface area (Å²) in [6.07, 6.45) is -8.56.